The number of anilines is 2. The minimum Gasteiger partial charge on any atom is -0.395 e. The van der Waals surface area contributed by atoms with Crippen LogP contribution in [0.5, 0.6) is 0 Å². The smallest absolute Gasteiger partial charge is 0.272 e. The van der Waals surface area contributed by atoms with E-state index in [2.05, 4.69) is 9.69 Å². The summed E-state index contributed by atoms with van der Waals surface area (Å²) in [7, 11) is 0. The van der Waals surface area contributed by atoms with Gasteiger partial charge in [-0.2, -0.15) is 4.37 Å². The molecule has 1 unspecified atom stereocenters. The van der Waals surface area contributed by atoms with E-state index < -0.39 is 23.4 Å². The fraction of sp³-hybridized carbons (Fsp3) is 0.400. The normalized spacial score (nSPS) is 12.3. The lowest BCUT2D eigenvalue weighted by molar-refractivity contribution is -0.123. The molecule has 0 bridgehead atoms. The molecular weight excluding hydrogens is 390 g/mol. The van der Waals surface area contributed by atoms with Gasteiger partial charge in [0.25, 0.3) is 11.8 Å². The molecule has 0 aliphatic rings. The summed E-state index contributed by atoms with van der Waals surface area (Å²) in [5.74, 6) is -1.65. The Bertz CT molecular complexity index is 915. The zero-order valence-corrected chi connectivity index (χ0v) is 18.1. The van der Waals surface area contributed by atoms with E-state index >= 15 is 0 Å². The summed E-state index contributed by atoms with van der Waals surface area (Å²) in [6, 6.07) is 6.53. The molecule has 8 nitrogen and oxygen atoms in total. The van der Waals surface area contributed by atoms with Gasteiger partial charge >= 0.3 is 0 Å². The predicted octanol–water partition coefficient (Wildman–Crippen LogP) is 2.34. The van der Waals surface area contributed by atoms with Gasteiger partial charge in [-0.05, 0) is 63.3 Å². The number of hydrogen-bond donors (Lipinski definition) is 3. The fourth-order valence-electron chi connectivity index (χ4n) is 2.74. The number of carbonyl (C=O) groups excluding carboxylic acids is 3. The Balaban J connectivity index is 2.49. The Morgan fingerprint density at radius 1 is 1.21 bits per heavy atom. The first-order chi connectivity index (χ1) is 13.5. The van der Waals surface area contributed by atoms with Gasteiger partial charge in [0.05, 0.1) is 5.69 Å². The third-order valence-corrected chi connectivity index (χ3v) is 5.11. The fourth-order valence-corrected chi connectivity index (χ4v) is 3.48. The van der Waals surface area contributed by atoms with Crippen LogP contribution in [-0.2, 0) is 11.2 Å². The highest BCUT2D eigenvalue weighted by atomic mass is 32.1. The molecule has 1 atom stereocenters. The van der Waals surface area contributed by atoms with E-state index in [9.17, 15) is 14.4 Å². The van der Waals surface area contributed by atoms with Crippen LogP contribution in [0.4, 0.5) is 11.4 Å². The van der Waals surface area contributed by atoms with Crippen molar-refractivity contribution in [3.63, 3.8) is 0 Å². The Hall–Kier alpha value is -2.94. The van der Waals surface area contributed by atoms with Crippen molar-refractivity contribution in [3.8, 4) is 0 Å². The lowest BCUT2D eigenvalue weighted by Crippen LogP contribution is -2.52. The first-order valence-corrected chi connectivity index (χ1v) is 10.0. The van der Waals surface area contributed by atoms with E-state index in [1.165, 1.54) is 4.90 Å². The number of rotatable bonds is 6. The number of nitrogens with one attached hydrogen (secondary N) is 1. The van der Waals surface area contributed by atoms with Crippen LogP contribution in [-0.4, -0.2) is 33.7 Å². The molecular formula is C20H27N5O3S. The summed E-state index contributed by atoms with van der Waals surface area (Å²) in [5.41, 5.74) is 12.2. The molecule has 1 aromatic heterocycles. The van der Waals surface area contributed by atoms with E-state index in [1.54, 1.807) is 19.1 Å². The molecule has 0 radical (unpaired) electrons. The van der Waals surface area contributed by atoms with Gasteiger partial charge in [0.1, 0.15) is 10.9 Å². The molecule has 0 fully saturated rings. The zero-order chi connectivity index (χ0) is 21.9. The van der Waals surface area contributed by atoms with Crippen LogP contribution < -0.4 is 21.7 Å². The molecule has 29 heavy (non-hydrogen) atoms. The van der Waals surface area contributed by atoms with Crippen molar-refractivity contribution in [2.75, 3.05) is 10.6 Å². The van der Waals surface area contributed by atoms with Crippen LogP contribution in [0, 0.1) is 0 Å². The number of hydrogen-bond acceptors (Lipinski definition) is 6. The van der Waals surface area contributed by atoms with Crippen molar-refractivity contribution in [3.05, 3.63) is 40.4 Å². The lowest BCUT2D eigenvalue weighted by Gasteiger charge is -2.31. The molecule has 5 N–H and O–H groups in total. The van der Waals surface area contributed by atoms with Gasteiger partial charge in [-0.3, -0.25) is 19.3 Å². The second-order valence-electron chi connectivity index (χ2n) is 7.75. The molecule has 0 saturated heterocycles. The van der Waals surface area contributed by atoms with Crippen LogP contribution in [0.15, 0.2) is 24.3 Å². The number of nitrogens with two attached hydrogens (primary N) is 2. The largest absolute Gasteiger partial charge is 0.395 e. The Kier molecular flexibility index (Phi) is 6.63. The standard InChI is InChI=1S/C20H27N5O3S/c1-6-12-7-9-13(10-8-12)25(11(2)18(27)23-20(3,4)5)19(28)16-14(21)15(17(22)26)24-29-16/h7-11H,6,21H2,1-5H3,(H2,22,26)(H,23,27). The Morgan fingerprint density at radius 3 is 2.24 bits per heavy atom. The van der Waals surface area contributed by atoms with E-state index in [1.807, 2.05) is 39.8 Å². The highest BCUT2D eigenvalue weighted by Crippen LogP contribution is 2.28. The van der Waals surface area contributed by atoms with E-state index in [4.69, 9.17) is 11.5 Å². The highest BCUT2D eigenvalue weighted by molar-refractivity contribution is 7.09. The maximum absolute atomic E-state index is 13.4. The number of nitrogen functional groups attached to an aromatic ring is 1. The van der Waals surface area contributed by atoms with Crippen molar-refractivity contribution in [2.45, 2.75) is 52.6 Å². The predicted molar refractivity (Wildman–Crippen MR) is 115 cm³/mol. The maximum atomic E-state index is 13.4. The first-order valence-electron chi connectivity index (χ1n) is 9.25. The zero-order valence-electron chi connectivity index (χ0n) is 17.3. The van der Waals surface area contributed by atoms with E-state index in [-0.39, 0.29) is 22.2 Å². The number of carbonyl (C=O) groups is 3. The summed E-state index contributed by atoms with van der Waals surface area (Å²) in [6.45, 7) is 9.25. The number of aromatic nitrogens is 1. The first kappa shape index (κ1) is 22.4. The van der Waals surface area contributed by atoms with Gasteiger partial charge in [-0.25, -0.2) is 0 Å². The Morgan fingerprint density at radius 2 is 1.79 bits per heavy atom. The van der Waals surface area contributed by atoms with Crippen molar-refractivity contribution >= 4 is 40.6 Å². The molecule has 2 aromatic rings. The molecule has 0 spiro atoms. The summed E-state index contributed by atoms with van der Waals surface area (Å²) >= 11 is 0.787. The second-order valence-corrected chi connectivity index (χ2v) is 8.52. The topological polar surface area (TPSA) is 131 Å². The number of primary amides is 1. The van der Waals surface area contributed by atoms with Crippen molar-refractivity contribution in [1.29, 1.82) is 0 Å². The van der Waals surface area contributed by atoms with Gasteiger partial charge < -0.3 is 16.8 Å². The van der Waals surface area contributed by atoms with E-state index in [0.29, 0.717) is 5.69 Å². The average molecular weight is 418 g/mol. The molecule has 1 aromatic carbocycles. The van der Waals surface area contributed by atoms with Crippen molar-refractivity contribution < 1.29 is 14.4 Å². The summed E-state index contributed by atoms with van der Waals surface area (Å²) in [6.07, 6.45) is 0.845. The van der Waals surface area contributed by atoms with Gasteiger partial charge in [-0.15, -0.1) is 0 Å². The summed E-state index contributed by atoms with van der Waals surface area (Å²) < 4.78 is 3.90. The third kappa shape index (κ3) is 5.11. The van der Waals surface area contributed by atoms with Crippen LogP contribution in [0.1, 0.15) is 60.3 Å². The molecule has 3 amide bonds. The molecule has 9 heteroatoms. The number of amides is 3. The van der Waals surface area contributed by atoms with Gasteiger partial charge in [0.2, 0.25) is 5.91 Å². The average Bonchev–Trinajstić information content (AvgIpc) is 3.02. The minimum atomic E-state index is -0.826. The quantitative estimate of drug-likeness (QED) is 0.664. The SMILES string of the molecule is CCc1ccc(N(C(=O)c2snc(C(N)=O)c2N)C(C)C(=O)NC(C)(C)C)cc1. The van der Waals surface area contributed by atoms with Gasteiger partial charge in [0.15, 0.2) is 5.69 Å². The van der Waals surface area contributed by atoms with Gasteiger partial charge in [0, 0.05) is 11.2 Å². The number of nitrogens with zero attached hydrogens (tertiary/aromatic N) is 2. The highest BCUT2D eigenvalue weighted by Gasteiger charge is 2.33. The van der Waals surface area contributed by atoms with Crippen LogP contribution in [0.25, 0.3) is 0 Å². The van der Waals surface area contributed by atoms with Crippen LogP contribution >= 0.6 is 11.5 Å². The summed E-state index contributed by atoms with van der Waals surface area (Å²) in [4.78, 5) is 39.0. The monoisotopic (exact) mass is 417 g/mol. The molecule has 0 aliphatic carbocycles. The molecule has 0 saturated carbocycles. The third-order valence-electron chi connectivity index (χ3n) is 4.26. The van der Waals surface area contributed by atoms with Crippen molar-refractivity contribution in [2.24, 2.45) is 5.73 Å². The van der Waals surface area contributed by atoms with Gasteiger partial charge in [-0.1, -0.05) is 19.1 Å². The van der Waals surface area contributed by atoms with Crippen molar-refractivity contribution in [1.82, 2.24) is 9.69 Å². The van der Waals surface area contributed by atoms with Crippen LogP contribution in [0.2, 0.25) is 0 Å². The maximum Gasteiger partial charge on any atom is 0.272 e. The van der Waals surface area contributed by atoms with E-state index in [0.717, 1.165) is 23.5 Å². The molecule has 1 heterocycles. The second kappa shape index (κ2) is 8.60. The molecule has 156 valence electrons. The molecule has 0 aliphatic heterocycles. The summed E-state index contributed by atoms with van der Waals surface area (Å²) in [5, 5.41) is 2.89. The number of aryl methyl sites for hydroxylation is 1. The van der Waals surface area contributed by atoms with Crippen LogP contribution in [0.3, 0.4) is 0 Å². The minimum absolute atomic E-state index is 0.0637. The number of benzene rings is 1. The Labute approximate surface area is 174 Å². The molecule has 2 rings (SSSR count). The lowest BCUT2D eigenvalue weighted by atomic mass is 10.1.